The van der Waals surface area contributed by atoms with Crippen molar-refractivity contribution in [3.63, 3.8) is 0 Å². The van der Waals surface area contributed by atoms with E-state index in [1.807, 2.05) is 25.1 Å². The molecule has 8 heteroatoms. The molecule has 3 rings (SSSR count). The summed E-state index contributed by atoms with van der Waals surface area (Å²) in [6.07, 6.45) is 0. The number of nitrogens with one attached hydrogen (secondary N) is 1. The van der Waals surface area contributed by atoms with Crippen molar-refractivity contribution in [2.75, 3.05) is 5.32 Å². The summed E-state index contributed by atoms with van der Waals surface area (Å²) in [6, 6.07) is 15.3. The zero-order valence-corrected chi connectivity index (χ0v) is 17.7. The first-order valence-electron chi connectivity index (χ1n) is 8.67. The first kappa shape index (κ1) is 21.2. The van der Waals surface area contributed by atoms with Crippen LogP contribution in [-0.4, -0.2) is 4.92 Å². The van der Waals surface area contributed by atoms with Gasteiger partial charge >= 0.3 is 0 Å². The van der Waals surface area contributed by atoms with E-state index in [1.165, 1.54) is 12.1 Å². The van der Waals surface area contributed by atoms with Crippen LogP contribution in [0.15, 0.2) is 54.6 Å². The van der Waals surface area contributed by atoms with Gasteiger partial charge < -0.3 is 10.1 Å². The second-order valence-electron chi connectivity index (χ2n) is 6.41. The van der Waals surface area contributed by atoms with Crippen LogP contribution in [0.25, 0.3) is 0 Å². The van der Waals surface area contributed by atoms with Crippen molar-refractivity contribution < 1.29 is 9.66 Å². The highest BCUT2D eigenvalue weighted by Crippen LogP contribution is 2.34. The van der Waals surface area contributed by atoms with Gasteiger partial charge in [-0.05, 0) is 54.4 Å². The maximum absolute atomic E-state index is 10.8. The molecule has 0 saturated carbocycles. The lowest BCUT2D eigenvalue weighted by Crippen LogP contribution is -2.05. The van der Waals surface area contributed by atoms with E-state index in [0.29, 0.717) is 27.4 Å². The Morgan fingerprint density at radius 1 is 1.00 bits per heavy atom. The quantitative estimate of drug-likeness (QED) is 0.308. The number of nitro groups is 1. The molecule has 0 heterocycles. The minimum absolute atomic E-state index is 0.0277. The van der Waals surface area contributed by atoms with Gasteiger partial charge in [0.2, 0.25) is 0 Å². The molecule has 0 aliphatic carbocycles. The molecule has 29 heavy (non-hydrogen) atoms. The Morgan fingerprint density at radius 2 is 1.72 bits per heavy atom. The van der Waals surface area contributed by atoms with Gasteiger partial charge in [0.05, 0.1) is 9.95 Å². The summed E-state index contributed by atoms with van der Waals surface area (Å²) in [5.74, 6) is 0.500. The van der Waals surface area contributed by atoms with Crippen molar-refractivity contribution >= 4 is 46.2 Å². The van der Waals surface area contributed by atoms with Gasteiger partial charge in [-0.2, -0.15) is 0 Å². The lowest BCUT2D eigenvalue weighted by Gasteiger charge is -2.15. The van der Waals surface area contributed by atoms with E-state index < -0.39 is 4.92 Å². The Kier molecular flexibility index (Phi) is 6.85. The number of nitrogens with zero attached hydrogens (tertiary/aromatic N) is 1. The molecule has 0 fully saturated rings. The van der Waals surface area contributed by atoms with E-state index in [2.05, 4.69) is 5.32 Å². The zero-order valence-electron chi connectivity index (χ0n) is 15.4. The number of anilines is 1. The molecular weight excluding hydrogens is 435 g/mol. The maximum atomic E-state index is 10.8. The number of rotatable bonds is 7. The van der Waals surface area contributed by atoms with Crippen LogP contribution in [0.2, 0.25) is 15.1 Å². The largest absolute Gasteiger partial charge is 0.487 e. The third-order valence-corrected chi connectivity index (χ3v) is 5.18. The van der Waals surface area contributed by atoms with Gasteiger partial charge in [-0.1, -0.05) is 40.9 Å². The molecule has 150 valence electrons. The van der Waals surface area contributed by atoms with Crippen LogP contribution in [0.1, 0.15) is 16.7 Å². The summed E-state index contributed by atoms with van der Waals surface area (Å²) < 4.78 is 5.91. The van der Waals surface area contributed by atoms with Crippen LogP contribution in [-0.2, 0) is 13.2 Å². The standard InChI is InChI=1S/C21H17Cl3N2O3/c1-13-2-5-17(10-19(13)23)25-11-15-8-16(22)9-20(24)21(15)29-12-14-3-6-18(7-4-14)26(27)28/h2-10,25H,11-12H2,1H3. The molecule has 0 aromatic heterocycles. The van der Waals surface area contributed by atoms with E-state index in [4.69, 9.17) is 39.5 Å². The van der Waals surface area contributed by atoms with Crippen molar-refractivity contribution in [2.45, 2.75) is 20.1 Å². The predicted octanol–water partition coefficient (Wildman–Crippen LogP) is 7.05. The van der Waals surface area contributed by atoms with Crippen LogP contribution in [0.5, 0.6) is 5.75 Å². The van der Waals surface area contributed by atoms with E-state index in [0.717, 1.165) is 22.4 Å². The molecule has 0 aliphatic rings. The minimum atomic E-state index is -0.443. The molecule has 0 radical (unpaired) electrons. The van der Waals surface area contributed by atoms with Crippen molar-refractivity contribution in [1.82, 2.24) is 0 Å². The molecule has 5 nitrogen and oxygen atoms in total. The fourth-order valence-corrected chi connectivity index (χ4v) is 3.45. The number of benzene rings is 3. The minimum Gasteiger partial charge on any atom is -0.487 e. The molecule has 3 aromatic rings. The molecule has 0 saturated heterocycles. The van der Waals surface area contributed by atoms with Crippen LogP contribution in [0.4, 0.5) is 11.4 Å². The van der Waals surface area contributed by atoms with Crippen LogP contribution in [0, 0.1) is 17.0 Å². The lowest BCUT2D eigenvalue weighted by atomic mass is 10.1. The summed E-state index contributed by atoms with van der Waals surface area (Å²) in [7, 11) is 0. The third kappa shape index (κ3) is 5.54. The van der Waals surface area contributed by atoms with Gasteiger partial charge in [0.25, 0.3) is 5.69 Å². The highest BCUT2D eigenvalue weighted by atomic mass is 35.5. The number of ether oxygens (including phenoxy) is 1. The normalized spacial score (nSPS) is 10.6. The topological polar surface area (TPSA) is 64.4 Å². The van der Waals surface area contributed by atoms with Gasteiger partial charge in [-0.15, -0.1) is 0 Å². The number of halogens is 3. The summed E-state index contributed by atoms with van der Waals surface area (Å²) in [5, 5.41) is 15.6. The lowest BCUT2D eigenvalue weighted by molar-refractivity contribution is -0.384. The van der Waals surface area contributed by atoms with Crippen molar-refractivity contribution in [1.29, 1.82) is 0 Å². The Hall–Kier alpha value is -2.47. The summed E-state index contributed by atoms with van der Waals surface area (Å²) in [6.45, 7) is 2.57. The molecule has 0 spiro atoms. The fraction of sp³-hybridized carbons (Fsp3) is 0.143. The fourth-order valence-electron chi connectivity index (χ4n) is 2.68. The number of hydrogen-bond acceptors (Lipinski definition) is 4. The van der Waals surface area contributed by atoms with Gasteiger partial charge in [-0.3, -0.25) is 10.1 Å². The average Bonchev–Trinajstić information content (AvgIpc) is 2.68. The number of nitro benzene ring substituents is 1. The van der Waals surface area contributed by atoms with E-state index in [1.54, 1.807) is 24.3 Å². The third-order valence-electron chi connectivity index (χ3n) is 4.27. The number of aryl methyl sites for hydroxylation is 1. The molecular formula is C21H17Cl3N2O3. The highest BCUT2D eigenvalue weighted by Gasteiger charge is 2.12. The van der Waals surface area contributed by atoms with Gasteiger partial charge in [0.1, 0.15) is 12.4 Å². The molecule has 3 aromatic carbocycles. The van der Waals surface area contributed by atoms with Crippen LogP contribution < -0.4 is 10.1 Å². The zero-order chi connectivity index (χ0) is 21.0. The first-order valence-corrected chi connectivity index (χ1v) is 9.81. The van der Waals surface area contributed by atoms with E-state index in [9.17, 15) is 10.1 Å². The molecule has 0 aliphatic heterocycles. The molecule has 0 bridgehead atoms. The highest BCUT2D eigenvalue weighted by molar-refractivity contribution is 6.35. The Balaban J connectivity index is 1.75. The van der Waals surface area contributed by atoms with Crippen LogP contribution in [0.3, 0.4) is 0 Å². The molecule has 0 unspecified atom stereocenters. The first-order chi connectivity index (χ1) is 13.8. The van der Waals surface area contributed by atoms with Gasteiger partial charge in [-0.25, -0.2) is 0 Å². The number of non-ortho nitro benzene ring substituents is 1. The summed E-state index contributed by atoms with van der Waals surface area (Å²) >= 11 is 18.7. The second-order valence-corrected chi connectivity index (χ2v) is 7.66. The van der Waals surface area contributed by atoms with Crippen molar-refractivity contribution in [3.8, 4) is 5.75 Å². The average molecular weight is 452 g/mol. The predicted molar refractivity (Wildman–Crippen MR) is 117 cm³/mol. The molecule has 0 atom stereocenters. The Bertz CT molecular complexity index is 1040. The van der Waals surface area contributed by atoms with Crippen molar-refractivity contribution in [2.24, 2.45) is 0 Å². The smallest absolute Gasteiger partial charge is 0.269 e. The monoisotopic (exact) mass is 450 g/mol. The van der Waals surface area contributed by atoms with E-state index in [-0.39, 0.29) is 12.3 Å². The summed E-state index contributed by atoms with van der Waals surface area (Å²) in [5.41, 5.74) is 3.44. The maximum Gasteiger partial charge on any atom is 0.269 e. The number of hydrogen-bond donors (Lipinski definition) is 1. The molecule has 0 amide bonds. The molecule has 1 N–H and O–H groups in total. The van der Waals surface area contributed by atoms with Gasteiger partial charge in [0.15, 0.2) is 0 Å². The van der Waals surface area contributed by atoms with Gasteiger partial charge in [0, 0.05) is 40.0 Å². The SMILES string of the molecule is Cc1ccc(NCc2cc(Cl)cc(Cl)c2OCc2ccc([N+](=O)[O-])cc2)cc1Cl. The summed E-state index contributed by atoms with van der Waals surface area (Å²) in [4.78, 5) is 10.3. The second kappa shape index (κ2) is 9.35. The van der Waals surface area contributed by atoms with Crippen LogP contribution >= 0.6 is 34.8 Å². The van der Waals surface area contributed by atoms with Crippen molar-refractivity contribution in [3.05, 3.63) is 96.5 Å². The Labute approximate surface area is 183 Å². The van der Waals surface area contributed by atoms with E-state index >= 15 is 0 Å². The Morgan fingerprint density at radius 3 is 2.38 bits per heavy atom.